The minimum absolute atomic E-state index is 0.247. The average molecular weight is 348 g/mol. The van der Waals surface area contributed by atoms with Crippen LogP contribution in [0.2, 0.25) is 0 Å². The Morgan fingerprint density at radius 2 is 2.17 bits per heavy atom. The van der Waals surface area contributed by atoms with Crippen molar-refractivity contribution in [3.05, 3.63) is 36.9 Å². The molecule has 24 heavy (non-hydrogen) atoms. The van der Waals surface area contributed by atoms with E-state index in [0.717, 1.165) is 10.2 Å². The Balaban J connectivity index is 1.98. The van der Waals surface area contributed by atoms with Crippen LogP contribution in [0.3, 0.4) is 0 Å². The van der Waals surface area contributed by atoms with Crippen LogP contribution < -0.4 is 4.90 Å². The topological polar surface area (TPSA) is 68.7 Å². The molecule has 0 aliphatic carbocycles. The molecule has 0 saturated heterocycles. The third-order valence-electron chi connectivity index (χ3n) is 3.26. The van der Waals surface area contributed by atoms with Gasteiger partial charge < -0.3 is 9.47 Å². The van der Waals surface area contributed by atoms with Gasteiger partial charge in [0.2, 0.25) is 0 Å². The number of rotatable bonds is 8. The number of ether oxygens (including phenoxy) is 2. The second kappa shape index (κ2) is 8.56. The van der Waals surface area contributed by atoms with Crippen molar-refractivity contribution in [3.63, 3.8) is 0 Å². The first kappa shape index (κ1) is 18.1. The Morgan fingerprint density at radius 1 is 1.42 bits per heavy atom. The molecule has 1 atom stereocenters. The summed E-state index contributed by atoms with van der Waals surface area (Å²) in [6, 6.07) is 7.67. The second-order valence-electron chi connectivity index (χ2n) is 4.97. The van der Waals surface area contributed by atoms with Crippen LogP contribution in [0.4, 0.5) is 5.13 Å². The Morgan fingerprint density at radius 3 is 2.83 bits per heavy atom. The third-order valence-corrected chi connectivity index (χ3v) is 4.32. The molecule has 2 aromatic rings. The van der Waals surface area contributed by atoms with Gasteiger partial charge in [0.1, 0.15) is 0 Å². The number of carbonyl (C=O) groups excluding carboxylic acids is 2. The van der Waals surface area contributed by atoms with Crippen molar-refractivity contribution in [2.24, 2.45) is 0 Å². The molecule has 1 heterocycles. The highest BCUT2D eigenvalue weighted by atomic mass is 32.1. The fraction of sp³-hybridized carbons (Fsp3) is 0.353. The average Bonchev–Trinajstić information content (AvgIpc) is 3.01. The number of esters is 1. The van der Waals surface area contributed by atoms with Crippen molar-refractivity contribution in [2.75, 3.05) is 24.7 Å². The zero-order chi connectivity index (χ0) is 17.5. The first-order chi connectivity index (χ1) is 11.6. The largest absolute Gasteiger partial charge is 0.454 e. The Labute approximate surface area is 144 Å². The van der Waals surface area contributed by atoms with Gasteiger partial charge in [0.05, 0.1) is 16.8 Å². The van der Waals surface area contributed by atoms with E-state index in [4.69, 9.17) is 9.47 Å². The molecular weight excluding hydrogens is 328 g/mol. The van der Waals surface area contributed by atoms with Crippen LogP contribution in [-0.4, -0.2) is 42.7 Å². The molecular formula is C17H20N2O4S. The van der Waals surface area contributed by atoms with E-state index < -0.39 is 12.1 Å². The maximum Gasteiger partial charge on any atom is 0.335 e. The third kappa shape index (κ3) is 4.39. The van der Waals surface area contributed by atoms with Gasteiger partial charge in [-0.2, -0.15) is 0 Å². The summed E-state index contributed by atoms with van der Waals surface area (Å²) in [6.07, 6.45) is 0.800. The van der Waals surface area contributed by atoms with Crippen molar-refractivity contribution >= 4 is 38.6 Å². The van der Waals surface area contributed by atoms with Crippen LogP contribution in [0.25, 0.3) is 10.2 Å². The molecule has 0 saturated carbocycles. The molecule has 2 rings (SSSR count). The summed E-state index contributed by atoms with van der Waals surface area (Å²) in [6.45, 7) is 7.28. The van der Waals surface area contributed by atoms with Gasteiger partial charge in [0, 0.05) is 6.54 Å². The molecule has 7 heteroatoms. The van der Waals surface area contributed by atoms with E-state index >= 15 is 0 Å². The lowest BCUT2D eigenvalue weighted by atomic mass is 10.3. The van der Waals surface area contributed by atoms with E-state index in [-0.39, 0.29) is 19.1 Å². The van der Waals surface area contributed by atoms with Crippen molar-refractivity contribution < 1.29 is 19.1 Å². The number of nitrogens with zero attached hydrogens (tertiary/aromatic N) is 2. The molecule has 1 amide bonds. The highest BCUT2D eigenvalue weighted by Crippen LogP contribution is 2.28. The van der Waals surface area contributed by atoms with Gasteiger partial charge >= 0.3 is 5.97 Å². The van der Waals surface area contributed by atoms with Gasteiger partial charge in [-0.3, -0.25) is 9.69 Å². The van der Waals surface area contributed by atoms with Crippen LogP contribution in [0.5, 0.6) is 0 Å². The van der Waals surface area contributed by atoms with Gasteiger partial charge in [0.25, 0.3) is 5.91 Å². The molecule has 1 aromatic heterocycles. The van der Waals surface area contributed by atoms with Crippen molar-refractivity contribution in [3.8, 4) is 0 Å². The molecule has 128 valence electrons. The lowest BCUT2D eigenvalue weighted by Crippen LogP contribution is -2.36. The SMILES string of the molecule is C=CCOC(C)C(=O)OCC(=O)N(CC)c1nc2ccccc2s1. The number of thiazole rings is 1. The first-order valence-corrected chi connectivity index (χ1v) is 8.43. The standard InChI is InChI=1S/C17H20N2O4S/c1-4-10-22-12(3)16(21)23-11-15(20)19(5-2)17-18-13-8-6-7-9-14(13)24-17/h4,6-9,12H,1,5,10-11H2,2-3H3. The van der Waals surface area contributed by atoms with E-state index in [1.54, 1.807) is 13.0 Å². The highest BCUT2D eigenvalue weighted by molar-refractivity contribution is 7.22. The number of hydrogen-bond acceptors (Lipinski definition) is 6. The number of para-hydroxylation sites is 1. The number of amides is 1. The maximum absolute atomic E-state index is 12.4. The summed E-state index contributed by atoms with van der Waals surface area (Å²) in [5, 5.41) is 0.593. The Hall–Kier alpha value is -2.25. The predicted molar refractivity (Wildman–Crippen MR) is 94.2 cm³/mol. The van der Waals surface area contributed by atoms with E-state index in [1.165, 1.54) is 16.2 Å². The van der Waals surface area contributed by atoms with Crippen LogP contribution in [0.1, 0.15) is 13.8 Å². The quantitative estimate of drug-likeness (QED) is 0.542. The van der Waals surface area contributed by atoms with E-state index in [1.807, 2.05) is 31.2 Å². The van der Waals surface area contributed by atoms with Crippen LogP contribution in [0, 0.1) is 0 Å². The molecule has 0 aliphatic rings. The monoisotopic (exact) mass is 348 g/mol. The van der Waals surface area contributed by atoms with Crippen molar-refractivity contribution in [1.29, 1.82) is 0 Å². The fourth-order valence-electron chi connectivity index (χ4n) is 2.00. The summed E-state index contributed by atoms with van der Waals surface area (Å²) in [7, 11) is 0. The zero-order valence-corrected chi connectivity index (χ0v) is 14.5. The van der Waals surface area contributed by atoms with Crippen LogP contribution in [-0.2, 0) is 19.1 Å². The number of fused-ring (bicyclic) bond motifs is 1. The minimum atomic E-state index is -0.742. The number of aromatic nitrogens is 1. The van der Waals surface area contributed by atoms with Gasteiger partial charge in [0.15, 0.2) is 17.8 Å². The normalized spacial score (nSPS) is 11.9. The molecule has 0 radical (unpaired) electrons. The molecule has 1 unspecified atom stereocenters. The molecule has 0 spiro atoms. The number of likely N-dealkylation sites (N-methyl/N-ethyl adjacent to an activating group) is 1. The number of anilines is 1. The van der Waals surface area contributed by atoms with E-state index in [0.29, 0.717) is 11.7 Å². The molecule has 1 aromatic carbocycles. The van der Waals surface area contributed by atoms with Gasteiger partial charge in [-0.1, -0.05) is 29.5 Å². The molecule has 0 N–H and O–H groups in total. The van der Waals surface area contributed by atoms with E-state index in [2.05, 4.69) is 11.6 Å². The first-order valence-electron chi connectivity index (χ1n) is 7.61. The highest BCUT2D eigenvalue weighted by Gasteiger charge is 2.21. The summed E-state index contributed by atoms with van der Waals surface area (Å²) in [5.74, 6) is -0.897. The Bertz CT molecular complexity index is 695. The van der Waals surface area contributed by atoms with Crippen LogP contribution in [0.15, 0.2) is 36.9 Å². The lowest BCUT2D eigenvalue weighted by molar-refractivity contribution is -0.157. The van der Waals surface area contributed by atoms with Crippen molar-refractivity contribution in [1.82, 2.24) is 4.98 Å². The van der Waals surface area contributed by atoms with E-state index in [9.17, 15) is 9.59 Å². The number of hydrogen-bond donors (Lipinski definition) is 0. The number of carbonyl (C=O) groups is 2. The summed E-state index contributed by atoms with van der Waals surface area (Å²) in [5.41, 5.74) is 0.840. The van der Waals surface area contributed by atoms with Crippen LogP contribution >= 0.6 is 11.3 Å². The molecule has 0 aliphatic heterocycles. The van der Waals surface area contributed by atoms with Crippen molar-refractivity contribution in [2.45, 2.75) is 20.0 Å². The maximum atomic E-state index is 12.4. The molecule has 0 fully saturated rings. The van der Waals surface area contributed by atoms with Gasteiger partial charge in [-0.05, 0) is 26.0 Å². The minimum Gasteiger partial charge on any atom is -0.454 e. The molecule has 0 bridgehead atoms. The van der Waals surface area contributed by atoms with Gasteiger partial charge in [-0.15, -0.1) is 6.58 Å². The predicted octanol–water partition coefficient (Wildman–Crippen LogP) is 2.78. The zero-order valence-electron chi connectivity index (χ0n) is 13.7. The number of benzene rings is 1. The molecule has 6 nitrogen and oxygen atoms in total. The second-order valence-corrected chi connectivity index (χ2v) is 5.98. The summed E-state index contributed by atoms with van der Waals surface area (Å²) < 4.78 is 11.2. The Kier molecular flexibility index (Phi) is 6.45. The fourth-order valence-corrected chi connectivity index (χ4v) is 3.05. The summed E-state index contributed by atoms with van der Waals surface area (Å²) in [4.78, 5) is 30.1. The smallest absolute Gasteiger partial charge is 0.335 e. The lowest BCUT2D eigenvalue weighted by Gasteiger charge is -2.18. The summed E-state index contributed by atoms with van der Waals surface area (Å²) >= 11 is 1.43. The van der Waals surface area contributed by atoms with Gasteiger partial charge in [-0.25, -0.2) is 9.78 Å².